The van der Waals surface area contributed by atoms with Gasteiger partial charge in [0.15, 0.2) is 0 Å². The second-order valence-electron chi connectivity index (χ2n) is 9.49. The van der Waals surface area contributed by atoms with Crippen molar-refractivity contribution < 1.29 is 19.2 Å². The molecular weight excluding hydrogens is 506 g/mol. The first-order valence-corrected chi connectivity index (χ1v) is 13.4. The lowest BCUT2D eigenvalue weighted by Crippen LogP contribution is -2.38. The summed E-state index contributed by atoms with van der Waals surface area (Å²) >= 11 is 1.45. The number of nitro groups is 1. The van der Waals surface area contributed by atoms with E-state index in [0.29, 0.717) is 22.7 Å². The van der Waals surface area contributed by atoms with E-state index in [1.165, 1.54) is 17.4 Å². The fourth-order valence-electron chi connectivity index (χ4n) is 4.42. The molecule has 1 fully saturated rings. The number of aromatic nitrogens is 1. The first kappa shape index (κ1) is 27.1. The minimum absolute atomic E-state index is 0.0722. The van der Waals surface area contributed by atoms with E-state index in [1.54, 1.807) is 18.3 Å². The molecule has 0 radical (unpaired) electrons. The molecule has 0 aliphatic heterocycles. The lowest BCUT2D eigenvalue weighted by molar-refractivity contribution is -0.384. The number of benzene rings is 2. The number of ether oxygens (including phenoxy) is 1. The molecule has 1 saturated carbocycles. The highest BCUT2D eigenvalue weighted by molar-refractivity contribution is 7.15. The van der Waals surface area contributed by atoms with Gasteiger partial charge in [-0.1, -0.05) is 30.3 Å². The Morgan fingerprint density at radius 1 is 1.13 bits per heavy atom. The molecule has 38 heavy (non-hydrogen) atoms. The molecule has 0 atom stereocenters. The molecule has 200 valence electrons. The van der Waals surface area contributed by atoms with Crippen molar-refractivity contribution in [3.8, 4) is 10.4 Å². The van der Waals surface area contributed by atoms with Gasteiger partial charge in [0.1, 0.15) is 0 Å². The van der Waals surface area contributed by atoms with Crippen LogP contribution in [0.5, 0.6) is 0 Å². The van der Waals surface area contributed by atoms with Crippen LogP contribution in [0.2, 0.25) is 0 Å². The maximum Gasteiger partial charge on any atom is 0.407 e. The van der Waals surface area contributed by atoms with Crippen molar-refractivity contribution in [2.45, 2.75) is 64.1 Å². The summed E-state index contributed by atoms with van der Waals surface area (Å²) in [5.74, 6) is 0.237. The Kier molecular flexibility index (Phi) is 8.90. The minimum Gasteiger partial charge on any atom is -0.447 e. The largest absolute Gasteiger partial charge is 0.447 e. The molecule has 0 unspecified atom stereocenters. The van der Waals surface area contributed by atoms with Crippen LogP contribution in [0.25, 0.3) is 10.4 Å². The average molecular weight is 538 g/mol. The van der Waals surface area contributed by atoms with E-state index in [4.69, 9.17) is 4.74 Å². The second kappa shape index (κ2) is 12.5. The van der Waals surface area contributed by atoms with Gasteiger partial charge in [-0.05, 0) is 57.2 Å². The number of hydrogen-bond acceptors (Lipinski definition) is 7. The van der Waals surface area contributed by atoms with Crippen molar-refractivity contribution in [3.63, 3.8) is 0 Å². The number of thiazole rings is 1. The van der Waals surface area contributed by atoms with E-state index in [2.05, 4.69) is 20.9 Å². The highest BCUT2D eigenvalue weighted by Crippen LogP contribution is 2.40. The van der Waals surface area contributed by atoms with Crippen LogP contribution < -0.4 is 16.0 Å². The monoisotopic (exact) mass is 537 g/mol. The summed E-state index contributed by atoms with van der Waals surface area (Å²) in [6, 6.07) is 13.7. The number of carbonyl (C=O) groups is 2. The lowest BCUT2D eigenvalue weighted by atomic mass is 9.86. The number of hydrogen-bond donors (Lipinski definition) is 3. The highest BCUT2D eigenvalue weighted by atomic mass is 32.1. The van der Waals surface area contributed by atoms with Crippen LogP contribution in [0.3, 0.4) is 0 Å². The Labute approximate surface area is 225 Å². The van der Waals surface area contributed by atoms with Crippen molar-refractivity contribution in [1.29, 1.82) is 0 Å². The van der Waals surface area contributed by atoms with Crippen LogP contribution in [0.15, 0.2) is 54.7 Å². The number of rotatable bonds is 8. The van der Waals surface area contributed by atoms with Crippen molar-refractivity contribution >= 4 is 34.8 Å². The van der Waals surface area contributed by atoms with Crippen molar-refractivity contribution in [1.82, 2.24) is 15.6 Å². The van der Waals surface area contributed by atoms with Gasteiger partial charge in [-0.15, -0.1) is 11.3 Å². The molecule has 4 rings (SSSR count). The summed E-state index contributed by atoms with van der Waals surface area (Å²) in [5, 5.41) is 21.1. The highest BCUT2D eigenvalue weighted by Gasteiger charge is 2.27. The fourth-order valence-corrected chi connectivity index (χ4v) is 5.54. The van der Waals surface area contributed by atoms with Gasteiger partial charge in [0, 0.05) is 36.5 Å². The van der Waals surface area contributed by atoms with Crippen LogP contribution in [0, 0.1) is 10.1 Å². The number of carbonyl (C=O) groups excluding carboxylic acids is 2. The summed E-state index contributed by atoms with van der Waals surface area (Å²) in [6.45, 7) is 3.97. The average Bonchev–Trinajstić information content (AvgIpc) is 3.38. The Bertz CT molecular complexity index is 1270. The lowest BCUT2D eigenvalue weighted by Gasteiger charge is -2.28. The maximum atomic E-state index is 12.3. The quantitative estimate of drug-likeness (QED) is 0.231. The number of nitro benzene ring substituents is 1. The summed E-state index contributed by atoms with van der Waals surface area (Å²) < 4.78 is 5.17. The molecule has 1 aliphatic carbocycles. The van der Waals surface area contributed by atoms with E-state index in [-0.39, 0.29) is 29.8 Å². The molecule has 0 spiro atoms. The Morgan fingerprint density at radius 2 is 1.87 bits per heavy atom. The summed E-state index contributed by atoms with van der Waals surface area (Å²) in [5.41, 5.74) is 1.64. The summed E-state index contributed by atoms with van der Waals surface area (Å²) in [6.07, 6.45) is 4.49. The molecule has 1 aromatic heterocycles. The number of alkyl carbamates (subject to hydrolysis) is 1. The van der Waals surface area contributed by atoms with Crippen LogP contribution in [-0.4, -0.2) is 34.2 Å². The van der Waals surface area contributed by atoms with E-state index in [0.717, 1.165) is 36.3 Å². The van der Waals surface area contributed by atoms with Crippen molar-refractivity contribution in [2.24, 2.45) is 0 Å². The van der Waals surface area contributed by atoms with Gasteiger partial charge in [-0.2, -0.15) is 0 Å². The van der Waals surface area contributed by atoms with Gasteiger partial charge in [-0.3, -0.25) is 10.1 Å². The van der Waals surface area contributed by atoms with Crippen LogP contribution in [0.1, 0.15) is 56.0 Å². The van der Waals surface area contributed by atoms with E-state index < -0.39 is 11.0 Å². The number of nitrogens with one attached hydrogen (secondary N) is 3. The predicted molar refractivity (Wildman–Crippen MR) is 146 cm³/mol. The first-order valence-electron chi connectivity index (χ1n) is 12.6. The topological polar surface area (TPSA) is 135 Å². The standard InChI is InChI=1S/C27H31N5O5S/c1-17(2)37-27(34)31-20-10-8-19(9-11-20)25-28-16-24(38-25)22-13-12-21(14-23(22)32(35)36)30-26(33)29-15-18-6-4-3-5-7-18/h3-7,12-14,16-17,19-20H,8-11,15H2,1-2H3,(H,31,34)(H2,29,30,33). The zero-order chi connectivity index (χ0) is 27.1. The fraction of sp³-hybridized carbons (Fsp3) is 0.370. The van der Waals surface area contributed by atoms with E-state index in [9.17, 15) is 19.7 Å². The maximum absolute atomic E-state index is 12.3. The molecule has 11 heteroatoms. The second-order valence-corrected chi connectivity index (χ2v) is 10.6. The number of urea groups is 1. The third-order valence-electron chi connectivity index (χ3n) is 6.28. The predicted octanol–water partition coefficient (Wildman–Crippen LogP) is 6.20. The zero-order valence-corrected chi connectivity index (χ0v) is 22.1. The van der Waals surface area contributed by atoms with E-state index >= 15 is 0 Å². The Hall–Kier alpha value is -3.99. The number of anilines is 1. The Morgan fingerprint density at radius 3 is 2.55 bits per heavy atom. The number of amides is 3. The summed E-state index contributed by atoms with van der Waals surface area (Å²) in [7, 11) is 0. The Balaban J connectivity index is 1.37. The molecule has 1 aliphatic rings. The molecule has 0 bridgehead atoms. The van der Waals surface area contributed by atoms with Crippen LogP contribution in [0.4, 0.5) is 21.0 Å². The van der Waals surface area contributed by atoms with Crippen LogP contribution in [-0.2, 0) is 11.3 Å². The normalized spacial score (nSPS) is 17.0. The smallest absolute Gasteiger partial charge is 0.407 e. The number of nitrogens with zero attached hydrogens (tertiary/aromatic N) is 2. The molecule has 1 heterocycles. The minimum atomic E-state index is -0.450. The van der Waals surface area contributed by atoms with E-state index in [1.807, 2.05) is 44.2 Å². The van der Waals surface area contributed by atoms with Gasteiger partial charge in [0.05, 0.1) is 26.5 Å². The first-order chi connectivity index (χ1) is 18.3. The molecule has 3 amide bonds. The van der Waals surface area contributed by atoms with Gasteiger partial charge in [0.2, 0.25) is 0 Å². The third kappa shape index (κ3) is 7.28. The van der Waals surface area contributed by atoms with Crippen molar-refractivity contribution in [3.05, 3.63) is 75.4 Å². The summed E-state index contributed by atoms with van der Waals surface area (Å²) in [4.78, 5) is 40.9. The molecule has 2 aromatic carbocycles. The van der Waals surface area contributed by atoms with Gasteiger partial charge in [-0.25, -0.2) is 14.6 Å². The SMILES string of the molecule is CC(C)OC(=O)NC1CCC(c2ncc(-c3ccc(NC(=O)NCc4ccccc4)cc3[N+](=O)[O-])s2)CC1. The molecular formula is C27H31N5O5S. The zero-order valence-electron chi connectivity index (χ0n) is 21.3. The van der Waals surface area contributed by atoms with Crippen LogP contribution >= 0.6 is 11.3 Å². The third-order valence-corrected chi connectivity index (χ3v) is 7.47. The van der Waals surface area contributed by atoms with Crippen molar-refractivity contribution in [2.75, 3.05) is 5.32 Å². The molecule has 0 saturated heterocycles. The molecule has 3 N–H and O–H groups in total. The van der Waals surface area contributed by atoms with Gasteiger partial charge in [0.25, 0.3) is 5.69 Å². The van der Waals surface area contributed by atoms with Gasteiger partial charge >= 0.3 is 12.1 Å². The van der Waals surface area contributed by atoms with Gasteiger partial charge < -0.3 is 20.7 Å². The molecule has 10 nitrogen and oxygen atoms in total. The molecule has 3 aromatic rings.